The van der Waals surface area contributed by atoms with Crippen molar-refractivity contribution in [2.24, 2.45) is 0 Å². The first kappa shape index (κ1) is 29.3. The molecule has 220 valence electrons. The highest BCUT2D eigenvalue weighted by Crippen LogP contribution is 2.44. The van der Waals surface area contributed by atoms with Crippen molar-refractivity contribution in [1.29, 1.82) is 0 Å². The molecule has 0 bridgehead atoms. The first-order valence-corrected chi connectivity index (χ1v) is 15.5. The van der Waals surface area contributed by atoms with Gasteiger partial charge in [-0.1, -0.05) is 95.9 Å². The molecule has 1 fully saturated rings. The number of aromatic nitrogens is 2. The van der Waals surface area contributed by atoms with Crippen LogP contribution in [0.5, 0.6) is 5.75 Å². The fourth-order valence-electron chi connectivity index (χ4n) is 4.90. The number of rotatable bonds is 9. The standard InChI is InChI=1S/C34H26FN3O4S2/c1-21-9-5-6-12-24(21)19-42-25-17-15-23(16-18-25)30(39)28-29(26-13-7-8-14-27(26)35)38(32(41)31(28)40)33-36-37-34(44-33)43-20-22-10-3-2-4-11-22/h2-18,29,39H,19-20H2,1H3. The summed E-state index contributed by atoms with van der Waals surface area (Å²) in [4.78, 5) is 28.0. The van der Waals surface area contributed by atoms with Crippen molar-refractivity contribution < 1.29 is 23.8 Å². The number of carbonyl (C=O) groups excluding carboxylic acids is 2. The number of amides is 1. The molecule has 1 saturated heterocycles. The third-order valence-corrected chi connectivity index (χ3v) is 9.36. The van der Waals surface area contributed by atoms with Crippen LogP contribution in [0.4, 0.5) is 9.52 Å². The Bertz CT molecular complexity index is 1860. The average molecular weight is 624 g/mol. The Labute approximate surface area is 261 Å². The number of hydrogen-bond acceptors (Lipinski definition) is 8. The Morgan fingerprint density at radius 3 is 2.39 bits per heavy atom. The number of halogens is 1. The maximum absolute atomic E-state index is 15.2. The number of aliphatic hydroxyl groups is 1. The molecule has 7 nitrogen and oxygen atoms in total. The number of aliphatic hydroxyl groups excluding tert-OH is 1. The molecule has 0 aliphatic carbocycles. The Morgan fingerprint density at radius 1 is 0.932 bits per heavy atom. The number of hydrogen-bond donors (Lipinski definition) is 1. The molecule has 4 aromatic carbocycles. The van der Waals surface area contributed by atoms with Crippen LogP contribution in [0.2, 0.25) is 0 Å². The van der Waals surface area contributed by atoms with Crippen LogP contribution in [-0.2, 0) is 21.9 Å². The molecule has 2 heterocycles. The fraction of sp³-hybridized carbons (Fsp3) is 0.118. The van der Waals surface area contributed by atoms with E-state index in [9.17, 15) is 14.7 Å². The summed E-state index contributed by atoms with van der Waals surface area (Å²) in [5.41, 5.74) is 3.35. The van der Waals surface area contributed by atoms with Crippen LogP contribution >= 0.6 is 23.1 Å². The van der Waals surface area contributed by atoms with E-state index in [-0.39, 0.29) is 21.8 Å². The lowest BCUT2D eigenvalue weighted by molar-refractivity contribution is -0.132. The Balaban J connectivity index is 1.31. The molecule has 1 atom stereocenters. The van der Waals surface area contributed by atoms with E-state index in [4.69, 9.17) is 4.74 Å². The zero-order valence-electron chi connectivity index (χ0n) is 23.5. The number of ether oxygens (including phenoxy) is 1. The van der Waals surface area contributed by atoms with Gasteiger partial charge in [-0.2, -0.15) is 0 Å². The van der Waals surface area contributed by atoms with E-state index in [1.54, 1.807) is 30.3 Å². The van der Waals surface area contributed by atoms with Crippen molar-refractivity contribution in [2.75, 3.05) is 4.90 Å². The SMILES string of the molecule is Cc1ccccc1COc1ccc(C(O)=C2C(=O)C(=O)N(c3nnc(SCc4ccccc4)s3)C2c2ccccc2F)cc1. The third kappa shape index (κ3) is 5.99. The second-order valence-corrected chi connectivity index (χ2v) is 12.2. The zero-order chi connectivity index (χ0) is 30.6. The second-order valence-electron chi connectivity index (χ2n) is 10.1. The topological polar surface area (TPSA) is 92.6 Å². The third-order valence-electron chi connectivity index (χ3n) is 7.23. The average Bonchev–Trinajstić information content (AvgIpc) is 3.62. The second kappa shape index (κ2) is 12.8. The molecule has 0 saturated carbocycles. The van der Waals surface area contributed by atoms with Crippen LogP contribution < -0.4 is 9.64 Å². The largest absolute Gasteiger partial charge is 0.507 e. The van der Waals surface area contributed by atoms with Gasteiger partial charge < -0.3 is 9.84 Å². The Kier molecular flexibility index (Phi) is 8.53. The molecule has 0 spiro atoms. The first-order chi connectivity index (χ1) is 21.4. The summed E-state index contributed by atoms with van der Waals surface area (Å²) >= 11 is 2.56. The predicted molar refractivity (Wildman–Crippen MR) is 169 cm³/mol. The first-order valence-electron chi connectivity index (χ1n) is 13.7. The monoisotopic (exact) mass is 623 g/mol. The molecule has 1 aromatic heterocycles. The van der Waals surface area contributed by atoms with Gasteiger partial charge in [0.2, 0.25) is 5.13 Å². The van der Waals surface area contributed by atoms with Crippen molar-refractivity contribution in [3.8, 4) is 5.75 Å². The van der Waals surface area contributed by atoms with Gasteiger partial charge in [-0.05, 0) is 53.9 Å². The van der Waals surface area contributed by atoms with E-state index < -0.39 is 29.3 Å². The highest BCUT2D eigenvalue weighted by atomic mass is 32.2. The molecular weight excluding hydrogens is 598 g/mol. The van der Waals surface area contributed by atoms with Gasteiger partial charge in [0.25, 0.3) is 5.78 Å². The molecule has 1 N–H and O–H groups in total. The Morgan fingerprint density at radius 2 is 1.64 bits per heavy atom. The van der Waals surface area contributed by atoms with Crippen LogP contribution in [0, 0.1) is 12.7 Å². The van der Waals surface area contributed by atoms with Crippen LogP contribution in [0.1, 0.15) is 33.9 Å². The number of thioether (sulfide) groups is 1. The lowest BCUT2D eigenvalue weighted by Crippen LogP contribution is -2.29. The summed E-state index contributed by atoms with van der Waals surface area (Å²) in [6.07, 6.45) is 0. The maximum Gasteiger partial charge on any atom is 0.301 e. The van der Waals surface area contributed by atoms with E-state index in [0.29, 0.717) is 22.4 Å². The van der Waals surface area contributed by atoms with Crippen molar-refractivity contribution in [3.63, 3.8) is 0 Å². The quantitative estimate of drug-likeness (QED) is 0.0598. The molecule has 44 heavy (non-hydrogen) atoms. The minimum atomic E-state index is -1.24. The number of ketones is 1. The van der Waals surface area contributed by atoms with Gasteiger partial charge in [-0.15, -0.1) is 10.2 Å². The number of anilines is 1. The van der Waals surface area contributed by atoms with Crippen LogP contribution in [-0.4, -0.2) is 27.0 Å². The number of benzene rings is 4. The normalized spacial score (nSPS) is 16.0. The highest BCUT2D eigenvalue weighted by molar-refractivity contribution is 8.00. The van der Waals surface area contributed by atoms with Crippen LogP contribution in [0.3, 0.4) is 0 Å². The smallest absolute Gasteiger partial charge is 0.301 e. The van der Waals surface area contributed by atoms with Gasteiger partial charge in [-0.3, -0.25) is 14.5 Å². The van der Waals surface area contributed by atoms with E-state index in [1.807, 2.05) is 61.5 Å². The van der Waals surface area contributed by atoms with E-state index in [0.717, 1.165) is 32.9 Å². The molecule has 10 heteroatoms. The summed E-state index contributed by atoms with van der Waals surface area (Å²) < 4.78 is 21.7. The summed E-state index contributed by atoms with van der Waals surface area (Å²) in [5, 5.41) is 20.0. The van der Waals surface area contributed by atoms with Gasteiger partial charge in [0.15, 0.2) is 4.34 Å². The lowest BCUT2D eigenvalue weighted by Gasteiger charge is -2.22. The summed E-state index contributed by atoms with van der Waals surface area (Å²) in [5.74, 6) is -1.72. The highest BCUT2D eigenvalue weighted by Gasteiger charge is 2.49. The number of nitrogens with zero attached hydrogens (tertiary/aromatic N) is 3. The minimum Gasteiger partial charge on any atom is -0.507 e. The lowest BCUT2D eigenvalue weighted by atomic mass is 9.95. The fourth-order valence-corrected chi connectivity index (χ4v) is 6.72. The van der Waals surface area contributed by atoms with E-state index in [1.165, 1.54) is 30.0 Å². The van der Waals surface area contributed by atoms with Crippen LogP contribution in [0.25, 0.3) is 5.76 Å². The molecule has 0 radical (unpaired) electrons. The summed E-state index contributed by atoms with van der Waals surface area (Å²) in [6.45, 7) is 2.37. The molecule has 1 unspecified atom stereocenters. The number of aryl methyl sites for hydroxylation is 1. The summed E-state index contributed by atoms with van der Waals surface area (Å²) in [7, 11) is 0. The number of carbonyl (C=O) groups is 2. The van der Waals surface area contributed by atoms with Gasteiger partial charge >= 0.3 is 5.91 Å². The van der Waals surface area contributed by atoms with Crippen molar-refractivity contribution in [1.82, 2.24) is 10.2 Å². The molecule has 1 aliphatic rings. The van der Waals surface area contributed by atoms with E-state index >= 15 is 4.39 Å². The maximum atomic E-state index is 15.2. The summed E-state index contributed by atoms with van der Waals surface area (Å²) in [6, 6.07) is 28.9. The van der Waals surface area contributed by atoms with Crippen molar-refractivity contribution in [3.05, 3.63) is 142 Å². The van der Waals surface area contributed by atoms with Gasteiger partial charge in [0, 0.05) is 16.9 Å². The molecule has 1 amide bonds. The molecule has 1 aliphatic heterocycles. The number of Topliss-reactive ketones (excluding diaryl/α,β-unsaturated/α-hetero) is 1. The minimum absolute atomic E-state index is 0.0557. The van der Waals surface area contributed by atoms with Crippen molar-refractivity contribution in [2.45, 2.75) is 29.7 Å². The molecule has 5 aromatic rings. The predicted octanol–water partition coefficient (Wildman–Crippen LogP) is 7.48. The van der Waals surface area contributed by atoms with Gasteiger partial charge in [-0.25, -0.2) is 4.39 Å². The van der Waals surface area contributed by atoms with Crippen molar-refractivity contribution >= 4 is 45.7 Å². The van der Waals surface area contributed by atoms with Crippen LogP contribution in [0.15, 0.2) is 113 Å². The van der Waals surface area contributed by atoms with E-state index in [2.05, 4.69) is 10.2 Å². The van der Waals surface area contributed by atoms with Gasteiger partial charge in [0.05, 0.1) is 5.57 Å². The zero-order valence-corrected chi connectivity index (χ0v) is 25.1. The Hall–Kier alpha value is -4.80. The van der Waals surface area contributed by atoms with Gasteiger partial charge in [0.1, 0.15) is 30.0 Å². The molecule has 6 rings (SSSR count). The molecular formula is C34H26FN3O4S2.